The molecule has 1 heterocycles. The second kappa shape index (κ2) is 9.38. The largest absolute Gasteiger partial charge is 0.497 e. The molecule has 1 aliphatic carbocycles. The van der Waals surface area contributed by atoms with Crippen molar-refractivity contribution in [1.82, 2.24) is 10.2 Å². The van der Waals surface area contributed by atoms with Gasteiger partial charge in [-0.1, -0.05) is 19.4 Å². The molecule has 0 aromatic heterocycles. The van der Waals surface area contributed by atoms with Crippen LogP contribution in [-0.4, -0.2) is 43.1 Å². The fraction of sp³-hybridized carbons (Fsp3) is 0.667. The van der Waals surface area contributed by atoms with Gasteiger partial charge in [-0.3, -0.25) is 10.1 Å². The Morgan fingerprint density at radius 3 is 2.67 bits per heavy atom. The van der Waals surface area contributed by atoms with E-state index in [1.165, 1.54) is 12.8 Å². The standard InChI is InChI=1S/C24H37N3O3/c1-5-6-20-17(3)27(15-18-8-9-18)12-11-24(20,14-22(28)26-23(25)29)21-13-19(30-4)10-7-16(21)2/h7,10,13,17-18,20H,5-6,8-9,11-12,14-15H2,1-4H3,(H3,25,26,28,29)/t17?,20?,24-/m0/s1. The number of carbonyl (C=O) groups excluding carboxylic acids is 2. The second-order valence-electron chi connectivity index (χ2n) is 9.25. The number of nitrogens with two attached hydrogens (primary N) is 1. The van der Waals surface area contributed by atoms with E-state index in [-0.39, 0.29) is 17.7 Å². The van der Waals surface area contributed by atoms with Crippen LogP contribution in [0.4, 0.5) is 4.79 Å². The lowest BCUT2D eigenvalue weighted by Crippen LogP contribution is -2.57. The highest BCUT2D eigenvalue weighted by Gasteiger charge is 2.49. The molecule has 3 N–H and O–H groups in total. The van der Waals surface area contributed by atoms with E-state index in [2.05, 4.69) is 43.1 Å². The van der Waals surface area contributed by atoms with Crippen molar-refractivity contribution in [3.05, 3.63) is 29.3 Å². The summed E-state index contributed by atoms with van der Waals surface area (Å²) in [5.41, 5.74) is 7.23. The lowest BCUT2D eigenvalue weighted by atomic mass is 9.59. The Kier molecular flexibility index (Phi) is 7.06. The van der Waals surface area contributed by atoms with Gasteiger partial charge in [-0.15, -0.1) is 0 Å². The van der Waals surface area contributed by atoms with Crippen molar-refractivity contribution < 1.29 is 14.3 Å². The Morgan fingerprint density at radius 1 is 1.33 bits per heavy atom. The third kappa shape index (κ3) is 4.80. The van der Waals surface area contributed by atoms with Crippen LogP contribution in [0.1, 0.15) is 63.5 Å². The summed E-state index contributed by atoms with van der Waals surface area (Å²) in [6.45, 7) is 8.74. The molecule has 1 aliphatic heterocycles. The number of aryl methyl sites for hydroxylation is 1. The molecule has 30 heavy (non-hydrogen) atoms. The number of urea groups is 1. The van der Waals surface area contributed by atoms with Crippen molar-refractivity contribution in [2.75, 3.05) is 20.2 Å². The summed E-state index contributed by atoms with van der Waals surface area (Å²) in [4.78, 5) is 26.8. The molecule has 166 valence electrons. The number of methoxy groups -OCH3 is 1. The van der Waals surface area contributed by atoms with Crippen LogP contribution in [0.2, 0.25) is 0 Å². The zero-order valence-electron chi connectivity index (χ0n) is 18.9. The van der Waals surface area contributed by atoms with E-state index >= 15 is 0 Å². The molecule has 0 spiro atoms. The summed E-state index contributed by atoms with van der Waals surface area (Å²) in [6.07, 6.45) is 5.90. The molecule has 1 saturated carbocycles. The zero-order chi connectivity index (χ0) is 21.9. The number of nitrogens with zero attached hydrogens (tertiary/aromatic N) is 1. The maximum absolute atomic E-state index is 12.8. The van der Waals surface area contributed by atoms with Gasteiger partial charge in [0.2, 0.25) is 5.91 Å². The molecule has 0 radical (unpaired) electrons. The van der Waals surface area contributed by atoms with Crippen LogP contribution in [0.15, 0.2) is 18.2 Å². The van der Waals surface area contributed by atoms with Crippen molar-refractivity contribution >= 4 is 11.9 Å². The van der Waals surface area contributed by atoms with Crippen LogP contribution in [-0.2, 0) is 10.2 Å². The van der Waals surface area contributed by atoms with E-state index in [0.29, 0.717) is 12.0 Å². The molecular formula is C24H37N3O3. The number of nitrogens with one attached hydrogen (secondary N) is 1. The van der Waals surface area contributed by atoms with Crippen molar-refractivity contribution in [2.45, 2.75) is 70.8 Å². The first-order valence-electron chi connectivity index (χ1n) is 11.3. The van der Waals surface area contributed by atoms with E-state index in [1.54, 1.807) is 7.11 Å². The highest BCUT2D eigenvalue weighted by Crippen LogP contribution is 2.50. The van der Waals surface area contributed by atoms with Crippen LogP contribution in [0.5, 0.6) is 5.75 Å². The molecule has 3 atom stereocenters. The predicted octanol–water partition coefficient (Wildman–Crippen LogP) is 3.75. The smallest absolute Gasteiger partial charge is 0.318 e. The van der Waals surface area contributed by atoms with E-state index in [1.807, 2.05) is 6.07 Å². The third-order valence-electron chi connectivity index (χ3n) is 7.22. The number of primary amides is 1. The highest BCUT2D eigenvalue weighted by molar-refractivity contribution is 5.94. The van der Waals surface area contributed by atoms with Crippen LogP contribution >= 0.6 is 0 Å². The van der Waals surface area contributed by atoms with E-state index < -0.39 is 6.03 Å². The Morgan fingerprint density at radius 2 is 2.07 bits per heavy atom. The fourth-order valence-corrected chi connectivity index (χ4v) is 5.55. The number of piperidine rings is 1. The number of likely N-dealkylation sites (tertiary alicyclic amines) is 1. The fourth-order valence-electron chi connectivity index (χ4n) is 5.55. The number of carbonyl (C=O) groups is 2. The molecule has 3 rings (SSSR count). The molecule has 1 aromatic rings. The van der Waals surface area contributed by atoms with Crippen molar-refractivity contribution in [1.29, 1.82) is 0 Å². The van der Waals surface area contributed by atoms with Crippen molar-refractivity contribution in [3.8, 4) is 5.75 Å². The summed E-state index contributed by atoms with van der Waals surface area (Å²) in [7, 11) is 1.67. The first-order valence-corrected chi connectivity index (χ1v) is 11.3. The van der Waals surface area contributed by atoms with Gasteiger partial charge < -0.3 is 15.4 Å². The number of benzene rings is 1. The Balaban J connectivity index is 2.04. The average Bonchev–Trinajstić information content (AvgIpc) is 3.51. The van der Waals surface area contributed by atoms with Crippen LogP contribution in [0, 0.1) is 18.8 Å². The number of imide groups is 1. The SMILES string of the molecule is CCCC1C(C)N(CC2CC2)CC[C@@]1(CC(=O)NC(N)=O)c1cc(OC)ccc1C. The predicted molar refractivity (Wildman–Crippen MR) is 119 cm³/mol. The molecule has 1 aromatic carbocycles. The van der Waals surface area contributed by atoms with Crippen LogP contribution < -0.4 is 15.8 Å². The summed E-state index contributed by atoms with van der Waals surface area (Å²) in [6, 6.07) is 5.72. The number of ether oxygens (including phenoxy) is 1. The first kappa shape index (κ1) is 22.6. The van der Waals surface area contributed by atoms with Gasteiger partial charge in [0.1, 0.15) is 5.75 Å². The van der Waals surface area contributed by atoms with E-state index in [9.17, 15) is 9.59 Å². The van der Waals surface area contributed by atoms with Gasteiger partial charge in [0.25, 0.3) is 0 Å². The minimum Gasteiger partial charge on any atom is -0.497 e. The summed E-state index contributed by atoms with van der Waals surface area (Å²) in [5.74, 6) is 1.64. The first-order chi connectivity index (χ1) is 14.3. The summed E-state index contributed by atoms with van der Waals surface area (Å²) in [5, 5.41) is 2.32. The number of rotatable bonds is 8. The van der Waals surface area contributed by atoms with Crippen molar-refractivity contribution in [3.63, 3.8) is 0 Å². The highest BCUT2D eigenvalue weighted by atomic mass is 16.5. The van der Waals surface area contributed by atoms with Gasteiger partial charge in [0.05, 0.1) is 7.11 Å². The minimum absolute atomic E-state index is 0.260. The number of amides is 3. The van der Waals surface area contributed by atoms with Crippen LogP contribution in [0.25, 0.3) is 0 Å². The lowest BCUT2D eigenvalue weighted by molar-refractivity contribution is -0.123. The lowest BCUT2D eigenvalue weighted by Gasteiger charge is -2.53. The van der Waals surface area contributed by atoms with E-state index in [0.717, 1.165) is 55.1 Å². The summed E-state index contributed by atoms with van der Waals surface area (Å²) < 4.78 is 5.53. The Bertz CT molecular complexity index is 777. The van der Waals surface area contributed by atoms with Gasteiger partial charge >= 0.3 is 6.03 Å². The second-order valence-corrected chi connectivity index (χ2v) is 9.25. The van der Waals surface area contributed by atoms with Gasteiger partial charge in [0, 0.05) is 24.4 Å². The van der Waals surface area contributed by atoms with Gasteiger partial charge in [-0.25, -0.2) is 4.79 Å². The maximum Gasteiger partial charge on any atom is 0.318 e. The van der Waals surface area contributed by atoms with Crippen LogP contribution in [0.3, 0.4) is 0 Å². The monoisotopic (exact) mass is 415 g/mol. The quantitative estimate of drug-likeness (QED) is 0.677. The Hall–Kier alpha value is -2.08. The molecule has 2 fully saturated rings. The molecule has 3 amide bonds. The average molecular weight is 416 g/mol. The molecule has 2 unspecified atom stereocenters. The normalized spacial score (nSPS) is 26.9. The van der Waals surface area contributed by atoms with Gasteiger partial charge in [-0.2, -0.15) is 0 Å². The topological polar surface area (TPSA) is 84.7 Å². The molecule has 2 aliphatic rings. The van der Waals surface area contributed by atoms with Gasteiger partial charge in [0.15, 0.2) is 0 Å². The molecule has 1 saturated heterocycles. The molecule has 0 bridgehead atoms. The molecule has 6 heteroatoms. The summed E-state index contributed by atoms with van der Waals surface area (Å²) >= 11 is 0. The minimum atomic E-state index is -0.788. The zero-order valence-corrected chi connectivity index (χ0v) is 18.9. The third-order valence-corrected chi connectivity index (χ3v) is 7.22. The number of hydrogen-bond donors (Lipinski definition) is 2. The van der Waals surface area contributed by atoms with E-state index in [4.69, 9.17) is 10.5 Å². The maximum atomic E-state index is 12.8. The Labute approximate surface area is 180 Å². The van der Waals surface area contributed by atoms with Crippen molar-refractivity contribution in [2.24, 2.45) is 17.6 Å². The molecule has 6 nitrogen and oxygen atoms in total. The van der Waals surface area contributed by atoms with Gasteiger partial charge in [-0.05, 0) is 81.2 Å². The molecular weight excluding hydrogens is 378 g/mol. The number of hydrogen-bond acceptors (Lipinski definition) is 4.